The maximum absolute atomic E-state index is 13.2. The van der Waals surface area contributed by atoms with Gasteiger partial charge < -0.3 is 4.90 Å². The summed E-state index contributed by atoms with van der Waals surface area (Å²) in [4.78, 5) is 31.9. The van der Waals surface area contributed by atoms with Gasteiger partial charge in [0, 0.05) is 43.4 Å². The molecule has 1 amide bonds. The van der Waals surface area contributed by atoms with Crippen LogP contribution in [0.2, 0.25) is 0 Å². The van der Waals surface area contributed by atoms with E-state index in [4.69, 9.17) is 0 Å². The standard InChI is InChI=1S/C19H27N5O4S/c1-3-14-11-18(25)24-17(20-14)12-15(21-24)16-5-4-8-23(16)19(26)13-6-9-22(10-7-13)29(2,27)28/h11-13,16,21H,3-10H2,1-2H3. The van der Waals surface area contributed by atoms with Crippen molar-refractivity contribution in [1.29, 1.82) is 0 Å². The third-order valence-corrected chi connectivity index (χ3v) is 7.36. The number of aromatic amines is 1. The molecule has 0 aliphatic carbocycles. The minimum absolute atomic E-state index is 0.0776. The van der Waals surface area contributed by atoms with Crippen molar-refractivity contribution in [1.82, 2.24) is 23.8 Å². The molecule has 2 aromatic heterocycles. The predicted octanol–water partition coefficient (Wildman–Crippen LogP) is 0.920. The molecule has 2 saturated heterocycles. The maximum atomic E-state index is 13.2. The largest absolute Gasteiger partial charge is 0.334 e. The number of sulfonamides is 1. The van der Waals surface area contributed by atoms with Crippen LogP contribution in [0.25, 0.3) is 5.65 Å². The van der Waals surface area contributed by atoms with Gasteiger partial charge in [-0.15, -0.1) is 0 Å². The first-order chi connectivity index (χ1) is 13.8. The average molecular weight is 422 g/mol. The van der Waals surface area contributed by atoms with E-state index in [1.165, 1.54) is 21.1 Å². The Balaban J connectivity index is 1.54. The number of piperidine rings is 1. The summed E-state index contributed by atoms with van der Waals surface area (Å²) >= 11 is 0. The Morgan fingerprint density at radius 2 is 1.93 bits per heavy atom. The minimum atomic E-state index is -3.21. The molecule has 1 N–H and O–H groups in total. The lowest BCUT2D eigenvalue weighted by atomic mass is 9.96. The van der Waals surface area contributed by atoms with Crippen LogP contribution < -0.4 is 5.56 Å². The molecule has 2 aromatic rings. The Labute approximate surface area is 169 Å². The van der Waals surface area contributed by atoms with Gasteiger partial charge in [0.25, 0.3) is 5.56 Å². The third-order valence-electron chi connectivity index (χ3n) is 6.05. The van der Waals surface area contributed by atoms with Gasteiger partial charge in [-0.05, 0) is 32.1 Å². The molecule has 0 aromatic carbocycles. The van der Waals surface area contributed by atoms with Crippen LogP contribution in [0.1, 0.15) is 50.0 Å². The Bertz CT molecular complexity index is 1080. The van der Waals surface area contributed by atoms with E-state index in [0.717, 1.165) is 24.2 Å². The lowest BCUT2D eigenvalue weighted by molar-refractivity contribution is -0.137. The molecule has 4 rings (SSSR count). The Kier molecular flexibility index (Phi) is 5.24. The highest BCUT2D eigenvalue weighted by atomic mass is 32.2. The molecule has 0 radical (unpaired) electrons. The van der Waals surface area contributed by atoms with Crippen molar-refractivity contribution < 1.29 is 13.2 Å². The van der Waals surface area contributed by atoms with Crippen molar-refractivity contribution in [2.45, 2.75) is 45.1 Å². The fraction of sp³-hybridized carbons (Fsp3) is 0.632. The van der Waals surface area contributed by atoms with E-state index >= 15 is 0 Å². The van der Waals surface area contributed by atoms with E-state index in [-0.39, 0.29) is 23.4 Å². The number of nitrogens with zero attached hydrogens (tertiary/aromatic N) is 4. The molecule has 1 unspecified atom stereocenters. The molecule has 4 heterocycles. The number of fused-ring (bicyclic) bond motifs is 1. The summed E-state index contributed by atoms with van der Waals surface area (Å²) in [6.45, 7) is 3.41. The molecular formula is C19H27N5O4S. The fourth-order valence-corrected chi connectivity index (χ4v) is 5.31. The van der Waals surface area contributed by atoms with Crippen molar-refractivity contribution in [2.24, 2.45) is 5.92 Å². The molecular weight excluding hydrogens is 394 g/mol. The number of rotatable bonds is 4. The Morgan fingerprint density at radius 1 is 1.21 bits per heavy atom. The summed E-state index contributed by atoms with van der Waals surface area (Å²) < 4.78 is 26.3. The zero-order chi connectivity index (χ0) is 20.8. The fourth-order valence-electron chi connectivity index (χ4n) is 4.43. The molecule has 2 fully saturated rings. The Hall–Kier alpha value is -2.20. The lowest BCUT2D eigenvalue weighted by Crippen LogP contribution is -2.44. The first-order valence-corrected chi connectivity index (χ1v) is 12.0. The van der Waals surface area contributed by atoms with E-state index in [2.05, 4.69) is 10.1 Å². The minimum Gasteiger partial charge on any atom is -0.334 e. The van der Waals surface area contributed by atoms with E-state index < -0.39 is 10.0 Å². The number of hydrogen-bond donors (Lipinski definition) is 1. The van der Waals surface area contributed by atoms with Crippen LogP contribution in [0.3, 0.4) is 0 Å². The second kappa shape index (κ2) is 7.56. The van der Waals surface area contributed by atoms with Gasteiger partial charge in [0.15, 0.2) is 5.65 Å². The molecule has 10 heteroatoms. The maximum Gasteiger partial charge on any atom is 0.272 e. The van der Waals surface area contributed by atoms with Crippen LogP contribution in [0.5, 0.6) is 0 Å². The molecule has 1 atom stereocenters. The smallest absolute Gasteiger partial charge is 0.272 e. The van der Waals surface area contributed by atoms with Crippen LogP contribution in [0.15, 0.2) is 16.9 Å². The zero-order valence-corrected chi connectivity index (χ0v) is 17.6. The van der Waals surface area contributed by atoms with Crippen LogP contribution >= 0.6 is 0 Å². The summed E-state index contributed by atoms with van der Waals surface area (Å²) in [5.74, 6) is -0.0839. The molecule has 2 aliphatic heterocycles. The first kappa shape index (κ1) is 20.1. The van der Waals surface area contributed by atoms with Crippen LogP contribution in [-0.2, 0) is 21.2 Å². The van der Waals surface area contributed by atoms with Crippen molar-refractivity contribution in [2.75, 3.05) is 25.9 Å². The number of likely N-dealkylation sites (tertiary alicyclic amines) is 1. The normalized spacial score (nSPS) is 21.9. The van der Waals surface area contributed by atoms with Crippen LogP contribution in [0, 0.1) is 5.92 Å². The van der Waals surface area contributed by atoms with Crippen molar-refractivity contribution in [3.05, 3.63) is 33.9 Å². The molecule has 0 saturated carbocycles. The summed E-state index contributed by atoms with van der Waals surface area (Å²) in [6, 6.07) is 3.28. The summed E-state index contributed by atoms with van der Waals surface area (Å²) in [5, 5.41) is 3.13. The van der Waals surface area contributed by atoms with Gasteiger partial charge in [-0.3, -0.25) is 14.7 Å². The number of nitrogens with one attached hydrogen (secondary N) is 1. The summed E-state index contributed by atoms with van der Waals surface area (Å²) in [5.41, 5.74) is 1.99. The average Bonchev–Trinajstić information content (AvgIpc) is 3.33. The summed E-state index contributed by atoms with van der Waals surface area (Å²) in [6.07, 6.45) is 4.71. The highest BCUT2D eigenvalue weighted by molar-refractivity contribution is 7.88. The summed E-state index contributed by atoms with van der Waals surface area (Å²) in [7, 11) is -3.21. The van der Waals surface area contributed by atoms with E-state index in [1.54, 1.807) is 0 Å². The second-order valence-electron chi connectivity index (χ2n) is 7.97. The number of aryl methyl sites for hydroxylation is 1. The first-order valence-electron chi connectivity index (χ1n) is 10.1. The van der Waals surface area contributed by atoms with Gasteiger partial charge >= 0.3 is 0 Å². The monoisotopic (exact) mass is 421 g/mol. The second-order valence-corrected chi connectivity index (χ2v) is 9.95. The SMILES string of the molecule is CCc1cc(=O)n2[nH]c(C3CCCN3C(=O)C3CCN(S(C)(=O)=O)CC3)cc2n1. The van der Waals surface area contributed by atoms with Crippen molar-refractivity contribution in [3.8, 4) is 0 Å². The third kappa shape index (κ3) is 3.83. The quantitative estimate of drug-likeness (QED) is 0.790. The van der Waals surface area contributed by atoms with E-state index in [9.17, 15) is 18.0 Å². The topological polar surface area (TPSA) is 108 Å². The van der Waals surface area contributed by atoms with Gasteiger partial charge in [0.1, 0.15) is 0 Å². The number of H-pyrrole nitrogens is 1. The number of carbonyl (C=O) groups excluding carboxylic acids is 1. The lowest BCUT2D eigenvalue weighted by Gasteiger charge is -2.33. The van der Waals surface area contributed by atoms with Gasteiger partial charge in [-0.1, -0.05) is 6.92 Å². The van der Waals surface area contributed by atoms with E-state index in [0.29, 0.717) is 44.5 Å². The molecule has 2 aliphatic rings. The van der Waals surface area contributed by atoms with Gasteiger partial charge in [-0.2, -0.15) is 0 Å². The number of carbonyl (C=O) groups is 1. The van der Waals surface area contributed by atoms with Gasteiger partial charge in [0.2, 0.25) is 15.9 Å². The zero-order valence-electron chi connectivity index (χ0n) is 16.8. The predicted molar refractivity (Wildman–Crippen MR) is 108 cm³/mol. The van der Waals surface area contributed by atoms with Crippen molar-refractivity contribution >= 4 is 21.6 Å². The molecule has 29 heavy (non-hydrogen) atoms. The number of amides is 1. The highest BCUT2D eigenvalue weighted by Gasteiger charge is 2.37. The Morgan fingerprint density at radius 3 is 2.59 bits per heavy atom. The molecule has 9 nitrogen and oxygen atoms in total. The molecule has 158 valence electrons. The molecule has 0 bridgehead atoms. The van der Waals surface area contributed by atoms with Crippen LogP contribution in [0.4, 0.5) is 0 Å². The molecule has 0 spiro atoms. The van der Waals surface area contributed by atoms with E-state index in [1.807, 2.05) is 17.9 Å². The van der Waals surface area contributed by atoms with Gasteiger partial charge in [0.05, 0.1) is 18.0 Å². The van der Waals surface area contributed by atoms with Crippen LogP contribution in [-0.4, -0.2) is 64.0 Å². The highest BCUT2D eigenvalue weighted by Crippen LogP contribution is 2.34. The number of hydrogen-bond acceptors (Lipinski definition) is 5. The van der Waals surface area contributed by atoms with Gasteiger partial charge in [-0.25, -0.2) is 22.2 Å². The number of aromatic nitrogens is 3. The van der Waals surface area contributed by atoms with Crippen molar-refractivity contribution in [3.63, 3.8) is 0 Å².